The predicted octanol–water partition coefficient (Wildman–Crippen LogP) is 3.36. The minimum absolute atomic E-state index is 0.00317. The number of hydrogen-bond donors (Lipinski definition) is 2. The molecule has 0 atom stereocenters. The lowest BCUT2D eigenvalue weighted by Gasteiger charge is -2.06. The second kappa shape index (κ2) is 6.35. The van der Waals surface area contributed by atoms with Crippen LogP contribution in [0.2, 0.25) is 0 Å². The molecule has 0 aliphatic carbocycles. The fourth-order valence-electron chi connectivity index (χ4n) is 1.56. The Morgan fingerprint density at radius 2 is 2.19 bits per heavy atom. The van der Waals surface area contributed by atoms with Crippen LogP contribution in [0.3, 0.4) is 0 Å². The van der Waals surface area contributed by atoms with Gasteiger partial charge in [0.2, 0.25) is 0 Å². The van der Waals surface area contributed by atoms with Crippen LogP contribution in [0.4, 0.5) is 14.5 Å². The summed E-state index contributed by atoms with van der Waals surface area (Å²) in [5.74, 6) is -0.899. The van der Waals surface area contributed by atoms with Crippen LogP contribution in [-0.2, 0) is 0 Å². The molecule has 0 saturated carbocycles. The highest BCUT2D eigenvalue weighted by molar-refractivity contribution is 9.10. The van der Waals surface area contributed by atoms with Crippen molar-refractivity contribution in [2.24, 2.45) is 0 Å². The molecule has 5 nitrogen and oxygen atoms in total. The van der Waals surface area contributed by atoms with Gasteiger partial charge in [-0.15, -0.1) is 11.3 Å². The highest BCUT2D eigenvalue weighted by Crippen LogP contribution is 2.30. The molecule has 21 heavy (non-hydrogen) atoms. The molecule has 9 heteroatoms. The van der Waals surface area contributed by atoms with Gasteiger partial charge in [0, 0.05) is 15.5 Å². The third-order valence-electron chi connectivity index (χ3n) is 2.36. The van der Waals surface area contributed by atoms with E-state index < -0.39 is 18.1 Å². The van der Waals surface area contributed by atoms with E-state index in [1.165, 1.54) is 18.3 Å². The molecule has 2 heterocycles. The van der Waals surface area contributed by atoms with Gasteiger partial charge in [0.25, 0.3) is 11.5 Å². The first-order valence-corrected chi connectivity index (χ1v) is 7.22. The second-order valence-corrected chi connectivity index (χ2v) is 6.12. The van der Waals surface area contributed by atoms with Crippen LogP contribution in [-0.4, -0.2) is 17.5 Å². The van der Waals surface area contributed by atoms with Crippen molar-refractivity contribution < 1.29 is 18.3 Å². The van der Waals surface area contributed by atoms with E-state index in [-0.39, 0.29) is 16.3 Å². The number of ether oxygens (including phenoxy) is 1. The third-order valence-corrected chi connectivity index (χ3v) is 3.85. The van der Waals surface area contributed by atoms with Crippen LogP contribution < -0.4 is 15.6 Å². The maximum absolute atomic E-state index is 12.3. The number of aromatic amines is 1. The summed E-state index contributed by atoms with van der Waals surface area (Å²) in [6.07, 6.45) is 1.42. The van der Waals surface area contributed by atoms with E-state index in [0.29, 0.717) is 9.35 Å². The molecule has 0 spiro atoms. The smallest absolute Gasteiger partial charge is 0.387 e. The number of hydrogen-bond acceptors (Lipinski definition) is 4. The Bertz CT molecular complexity index is 730. The van der Waals surface area contributed by atoms with Crippen LogP contribution in [0.5, 0.6) is 5.75 Å². The van der Waals surface area contributed by atoms with Crippen molar-refractivity contribution in [3.05, 3.63) is 42.9 Å². The van der Waals surface area contributed by atoms with Gasteiger partial charge in [0.1, 0.15) is 16.3 Å². The van der Waals surface area contributed by atoms with Crippen molar-refractivity contribution in [1.29, 1.82) is 0 Å². The third kappa shape index (κ3) is 3.88. The van der Waals surface area contributed by atoms with Gasteiger partial charge in [-0.2, -0.15) is 8.78 Å². The number of carbonyl (C=O) groups excluding carboxylic acids is 1. The van der Waals surface area contributed by atoms with Gasteiger partial charge in [0.05, 0.1) is 0 Å². The number of H-pyrrole nitrogens is 1. The summed E-state index contributed by atoms with van der Waals surface area (Å²) in [6.45, 7) is -1.37. The minimum Gasteiger partial charge on any atom is -0.433 e. The van der Waals surface area contributed by atoms with Crippen molar-refractivity contribution in [3.63, 3.8) is 0 Å². The molecular weight excluding hydrogens is 370 g/mol. The number of alkyl halides is 2. The molecule has 2 aromatic rings. The van der Waals surface area contributed by atoms with Gasteiger partial charge in [-0.1, -0.05) is 0 Å². The lowest BCUT2D eigenvalue weighted by molar-refractivity contribution is -0.0498. The van der Waals surface area contributed by atoms with Gasteiger partial charge in [-0.3, -0.25) is 9.59 Å². The van der Waals surface area contributed by atoms with E-state index in [9.17, 15) is 18.4 Å². The average molecular weight is 379 g/mol. The number of amides is 1. The van der Waals surface area contributed by atoms with Gasteiger partial charge in [-0.25, -0.2) is 0 Å². The molecule has 112 valence electrons. The number of thiophene rings is 1. The summed E-state index contributed by atoms with van der Waals surface area (Å²) in [5.41, 5.74) is -0.500. The number of nitrogens with one attached hydrogen (secondary N) is 2. The Balaban J connectivity index is 2.28. The highest BCUT2D eigenvalue weighted by Gasteiger charge is 2.20. The average Bonchev–Trinajstić information content (AvgIpc) is 2.74. The van der Waals surface area contributed by atoms with Crippen LogP contribution in [0.15, 0.2) is 27.6 Å². The number of pyridine rings is 1. The standard InChI is InChI=1S/C12H9BrF2N2O3S/c1-5-2-8(20-12(14)15)9(21-5)11(19)17-7-3-6(13)4-16-10(7)18/h2-4,12H,1H3,(H,16,18)(H,17,19). The molecule has 0 saturated heterocycles. The van der Waals surface area contributed by atoms with Crippen molar-refractivity contribution in [2.75, 3.05) is 5.32 Å². The number of aromatic nitrogens is 1. The molecule has 0 bridgehead atoms. The largest absolute Gasteiger partial charge is 0.433 e. The summed E-state index contributed by atoms with van der Waals surface area (Å²) < 4.78 is 29.5. The van der Waals surface area contributed by atoms with Gasteiger partial charge < -0.3 is 15.0 Å². The number of rotatable bonds is 4. The lowest BCUT2D eigenvalue weighted by Crippen LogP contribution is -2.19. The molecule has 2 aromatic heterocycles. The molecule has 2 N–H and O–H groups in total. The Morgan fingerprint density at radius 3 is 2.86 bits per heavy atom. The summed E-state index contributed by atoms with van der Waals surface area (Å²) in [5, 5.41) is 2.37. The predicted molar refractivity (Wildman–Crippen MR) is 78.4 cm³/mol. The summed E-state index contributed by atoms with van der Waals surface area (Å²) in [4.78, 5) is 26.7. The van der Waals surface area contributed by atoms with Crippen molar-refractivity contribution in [2.45, 2.75) is 13.5 Å². The van der Waals surface area contributed by atoms with Crippen LogP contribution >= 0.6 is 27.3 Å². The zero-order chi connectivity index (χ0) is 15.6. The van der Waals surface area contributed by atoms with E-state index in [1.54, 1.807) is 6.92 Å². The van der Waals surface area contributed by atoms with Gasteiger partial charge in [0.15, 0.2) is 0 Å². The van der Waals surface area contributed by atoms with E-state index in [1.807, 2.05) is 0 Å². The maximum Gasteiger partial charge on any atom is 0.387 e. The van der Waals surface area contributed by atoms with Crippen molar-refractivity contribution >= 4 is 38.9 Å². The fraction of sp³-hybridized carbons (Fsp3) is 0.167. The highest BCUT2D eigenvalue weighted by atomic mass is 79.9. The number of anilines is 1. The first-order valence-electron chi connectivity index (χ1n) is 5.61. The number of carbonyl (C=O) groups is 1. The Kier molecular flexibility index (Phi) is 4.73. The maximum atomic E-state index is 12.3. The summed E-state index contributed by atoms with van der Waals surface area (Å²) in [6, 6.07) is 2.75. The quantitative estimate of drug-likeness (QED) is 0.856. The molecule has 0 unspecified atom stereocenters. The first-order chi connectivity index (χ1) is 9.86. The van der Waals surface area contributed by atoms with Crippen LogP contribution in [0.25, 0.3) is 0 Å². The summed E-state index contributed by atoms with van der Waals surface area (Å²) >= 11 is 4.15. The second-order valence-electron chi connectivity index (χ2n) is 3.94. The molecule has 0 aliphatic heterocycles. The first kappa shape index (κ1) is 15.6. The molecule has 2 rings (SSSR count). The van der Waals surface area contributed by atoms with E-state index in [4.69, 9.17) is 0 Å². The molecule has 1 amide bonds. The van der Waals surface area contributed by atoms with Gasteiger partial charge >= 0.3 is 6.61 Å². The van der Waals surface area contributed by atoms with Crippen molar-refractivity contribution in [3.8, 4) is 5.75 Å². The van der Waals surface area contributed by atoms with Crippen LogP contribution in [0.1, 0.15) is 14.5 Å². The topological polar surface area (TPSA) is 71.2 Å². The monoisotopic (exact) mass is 378 g/mol. The molecule has 0 fully saturated rings. The zero-order valence-corrected chi connectivity index (χ0v) is 13.0. The Labute approximate surface area is 130 Å². The van der Waals surface area contributed by atoms with E-state index >= 15 is 0 Å². The SMILES string of the molecule is Cc1cc(OC(F)F)c(C(=O)Nc2cc(Br)c[nH]c2=O)s1. The number of halogens is 3. The molecule has 0 radical (unpaired) electrons. The normalized spacial score (nSPS) is 10.7. The lowest BCUT2D eigenvalue weighted by atomic mass is 10.3. The van der Waals surface area contributed by atoms with E-state index in [0.717, 1.165) is 11.3 Å². The molecule has 0 aliphatic rings. The molecule has 0 aromatic carbocycles. The minimum atomic E-state index is -3.03. The van der Waals surface area contributed by atoms with Crippen LogP contribution in [0, 0.1) is 6.92 Å². The molecular formula is C12H9BrF2N2O3S. The van der Waals surface area contributed by atoms with Crippen molar-refractivity contribution in [1.82, 2.24) is 4.98 Å². The zero-order valence-electron chi connectivity index (χ0n) is 10.6. The Morgan fingerprint density at radius 1 is 1.48 bits per heavy atom. The Hall–Kier alpha value is -1.74. The van der Waals surface area contributed by atoms with E-state index in [2.05, 4.69) is 31.0 Å². The fourth-order valence-corrected chi connectivity index (χ4v) is 2.74. The number of aryl methyl sites for hydroxylation is 1. The van der Waals surface area contributed by atoms with Gasteiger partial charge in [-0.05, 0) is 35.0 Å². The summed E-state index contributed by atoms with van der Waals surface area (Å²) in [7, 11) is 0.